The summed E-state index contributed by atoms with van der Waals surface area (Å²) in [5.41, 5.74) is 8.19. The molecule has 0 bridgehead atoms. The molecule has 0 aliphatic carbocycles. The fraction of sp³-hybridized carbons (Fsp3) is 0.115. The van der Waals surface area contributed by atoms with Crippen molar-refractivity contribution in [2.75, 3.05) is 6.54 Å². The Hall–Kier alpha value is -3.99. The number of pyridine rings is 2. The van der Waals surface area contributed by atoms with Crippen molar-refractivity contribution in [2.45, 2.75) is 13.8 Å². The number of aromatic nitrogens is 3. The minimum Gasteiger partial charge on any atom is -0.361 e. The third-order valence-electron chi connectivity index (χ3n) is 5.19. The highest BCUT2D eigenvalue weighted by atomic mass is 14.9. The van der Waals surface area contributed by atoms with Crippen LogP contribution in [-0.4, -0.2) is 27.7 Å². The lowest BCUT2D eigenvalue weighted by atomic mass is 9.95. The van der Waals surface area contributed by atoms with Crippen molar-refractivity contribution >= 4 is 34.0 Å². The maximum absolute atomic E-state index is 4.54. The Labute approximate surface area is 183 Å². The third kappa shape index (κ3) is 4.03. The topological polar surface area (TPSA) is 66.0 Å². The molecule has 1 aliphatic heterocycles. The predicted octanol–water partition coefficient (Wildman–Crippen LogP) is 5.80. The van der Waals surface area contributed by atoms with Crippen molar-refractivity contribution in [1.29, 1.82) is 0 Å². The number of fused-ring (bicyclic) bond motifs is 1. The standard InChI is InChI=1S/C26H25N5.H2/c1-4-18(15-27-6-3)22-10-13-30-26-25(22)23(17-31-26)19-9-12-29-24(14-19)21(5-2)20-8-7-11-28-16-20;/h4-5,7-17,29H,2,6H2,1,3H3,(H,30,31);1H/b18-4+,24-21+,27-15?;. The largest absolute Gasteiger partial charge is 0.361 e. The minimum atomic E-state index is 0. The van der Waals surface area contributed by atoms with Crippen LogP contribution < -0.4 is 5.32 Å². The molecule has 156 valence electrons. The van der Waals surface area contributed by atoms with Crippen molar-refractivity contribution in [3.8, 4) is 0 Å². The number of rotatable bonds is 6. The van der Waals surface area contributed by atoms with E-state index in [9.17, 15) is 0 Å². The number of hydrogen-bond acceptors (Lipinski definition) is 4. The number of nitrogens with one attached hydrogen (secondary N) is 2. The van der Waals surface area contributed by atoms with Crippen LogP contribution in [0.2, 0.25) is 0 Å². The Morgan fingerprint density at radius 3 is 2.94 bits per heavy atom. The van der Waals surface area contributed by atoms with Gasteiger partial charge in [0.2, 0.25) is 0 Å². The molecule has 4 heterocycles. The number of H-pyrrole nitrogens is 1. The predicted molar refractivity (Wildman–Crippen MR) is 132 cm³/mol. The summed E-state index contributed by atoms with van der Waals surface area (Å²) in [6.07, 6.45) is 19.5. The number of hydrogen-bond donors (Lipinski definition) is 2. The van der Waals surface area contributed by atoms with Gasteiger partial charge >= 0.3 is 0 Å². The zero-order chi connectivity index (χ0) is 21.6. The summed E-state index contributed by atoms with van der Waals surface area (Å²) in [4.78, 5) is 16.6. The molecule has 5 heteroatoms. The molecule has 0 radical (unpaired) electrons. The van der Waals surface area contributed by atoms with E-state index in [4.69, 9.17) is 0 Å². The number of dihydropyridines is 1. The first-order valence-corrected chi connectivity index (χ1v) is 10.3. The van der Waals surface area contributed by atoms with Gasteiger partial charge in [-0.2, -0.15) is 0 Å². The smallest absolute Gasteiger partial charge is 0.138 e. The second kappa shape index (κ2) is 9.22. The van der Waals surface area contributed by atoms with E-state index in [0.29, 0.717) is 0 Å². The Bertz CT molecular complexity index is 1260. The number of aliphatic imine (C=N–C) groups is 1. The van der Waals surface area contributed by atoms with Crippen LogP contribution in [0.15, 0.2) is 90.8 Å². The highest BCUT2D eigenvalue weighted by Gasteiger charge is 2.16. The van der Waals surface area contributed by atoms with Gasteiger partial charge in [0, 0.05) is 73.0 Å². The molecule has 4 rings (SSSR count). The molecule has 0 saturated carbocycles. The van der Waals surface area contributed by atoms with Gasteiger partial charge in [-0.15, -0.1) is 0 Å². The van der Waals surface area contributed by atoms with E-state index in [1.54, 1.807) is 6.20 Å². The van der Waals surface area contributed by atoms with E-state index in [2.05, 4.69) is 50.1 Å². The van der Waals surface area contributed by atoms with E-state index >= 15 is 0 Å². The first-order chi connectivity index (χ1) is 15.3. The first kappa shape index (κ1) is 20.3. The highest BCUT2D eigenvalue weighted by molar-refractivity contribution is 6.16. The van der Waals surface area contributed by atoms with Crippen LogP contribution in [-0.2, 0) is 0 Å². The van der Waals surface area contributed by atoms with Crippen molar-refractivity contribution < 1.29 is 1.43 Å². The molecule has 0 unspecified atom stereocenters. The lowest BCUT2D eigenvalue weighted by molar-refractivity contribution is 1.10. The second-order valence-corrected chi connectivity index (χ2v) is 7.01. The molecule has 3 aromatic heterocycles. The van der Waals surface area contributed by atoms with Crippen LogP contribution in [0.1, 0.15) is 32.0 Å². The van der Waals surface area contributed by atoms with Crippen molar-refractivity contribution in [1.82, 2.24) is 20.3 Å². The Morgan fingerprint density at radius 2 is 2.19 bits per heavy atom. The molecule has 31 heavy (non-hydrogen) atoms. The summed E-state index contributed by atoms with van der Waals surface area (Å²) < 4.78 is 0. The number of nitrogens with zero attached hydrogens (tertiary/aromatic N) is 3. The first-order valence-electron chi connectivity index (χ1n) is 10.3. The highest BCUT2D eigenvalue weighted by Crippen LogP contribution is 2.33. The van der Waals surface area contributed by atoms with Gasteiger partial charge in [-0.05, 0) is 54.8 Å². The second-order valence-electron chi connectivity index (χ2n) is 7.01. The summed E-state index contributed by atoms with van der Waals surface area (Å²) in [6, 6.07) is 6.00. The van der Waals surface area contributed by atoms with E-state index < -0.39 is 0 Å². The van der Waals surface area contributed by atoms with Gasteiger partial charge in [0.1, 0.15) is 5.65 Å². The lowest BCUT2D eigenvalue weighted by Crippen LogP contribution is -2.09. The lowest BCUT2D eigenvalue weighted by Gasteiger charge is -2.16. The fourth-order valence-corrected chi connectivity index (χ4v) is 3.71. The van der Waals surface area contributed by atoms with Gasteiger partial charge in [-0.25, -0.2) is 4.98 Å². The van der Waals surface area contributed by atoms with Crippen LogP contribution in [0, 0.1) is 0 Å². The SMILES string of the molecule is C=C/C(=C1/C=C(c2c[nH]c3nccc(/C(C=NCC)=C/C)c23)C=CN1)c1cccnc1.[HH]. The molecule has 0 spiro atoms. The normalized spacial score (nSPS) is 15.8. The number of allylic oxidation sites excluding steroid dienone is 7. The Balaban J connectivity index is 0.00000289. The molecule has 2 N–H and O–H groups in total. The van der Waals surface area contributed by atoms with Gasteiger partial charge in [0.15, 0.2) is 0 Å². The van der Waals surface area contributed by atoms with Gasteiger partial charge in [0.05, 0.1) is 0 Å². The minimum absolute atomic E-state index is 0. The Morgan fingerprint density at radius 1 is 1.29 bits per heavy atom. The molecule has 3 aromatic rings. The molecule has 0 fully saturated rings. The molecule has 1 aliphatic rings. The summed E-state index contributed by atoms with van der Waals surface area (Å²) in [5.74, 6) is 0. The molecule has 0 aromatic carbocycles. The quantitative estimate of drug-likeness (QED) is 0.506. The van der Waals surface area contributed by atoms with Crippen LogP contribution in [0.25, 0.3) is 27.8 Å². The van der Waals surface area contributed by atoms with Gasteiger partial charge < -0.3 is 10.3 Å². The maximum atomic E-state index is 4.54. The fourth-order valence-electron chi connectivity index (χ4n) is 3.71. The van der Waals surface area contributed by atoms with Crippen LogP contribution >= 0.6 is 0 Å². The number of aromatic amines is 1. The molecule has 0 atom stereocenters. The molecule has 0 saturated heterocycles. The van der Waals surface area contributed by atoms with Crippen LogP contribution in [0.4, 0.5) is 0 Å². The maximum Gasteiger partial charge on any atom is 0.138 e. The average molecular weight is 410 g/mol. The van der Waals surface area contributed by atoms with Crippen LogP contribution in [0.3, 0.4) is 0 Å². The summed E-state index contributed by atoms with van der Waals surface area (Å²) in [6.45, 7) is 8.82. The van der Waals surface area contributed by atoms with E-state index in [-0.39, 0.29) is 1.43 Å². The monoisotopic (exact) mass is 409 g/mol. The summed E-state index contributed by atoms with van der Waals surface area (Å²) in [5, 5.41) is 4.43. The zero-order valence-electron chi connectivity index (χ0n) is 17.8. The molecule has 0 amide bonds. The van der Waals surface area contributed by atoms with Gasteiger partial charge in [0.25, 0.3) is 0 Å². The molecular weight excluding hydrogens is 382 g/mol. The van der Waals surface area contributed by atoms with Gasteiger partial charge in [-0.3, -0.25) is 9.98 Å². The average Bonchev–Trinajstić information content (AvgIpc) is 3.26. The van der Waals surface area contributed by atoms with E-state index in [1.165, 1.54) is 0 Å². The van der Waals surface area contributed by atoms with E-state index in [1.807, 2.05) is 69.1 Å². The van der Waals surface area contributed by atoms with E-state index in [0.717, 1.165) is 56.7 Å². The van der Waals surface area contributed by atoms with Crippen LogP contribution in [0.5, 0.6) is 0 Å². The third-order valence-corrected chi connectivity index (χ3v) is 5.19. The van der Waals surface area contributed by atoms with Crippen molar-refractivity contribution in [2.24, 2.45) is 4.99 Å². The van der Waals surface area contributed by atoms with Crippen molar-refractivity contribution in [3.63, 3.8) is 0 Å². The Kier molecular flexibility index (Phi) is 6.03. The zero-order valence-corrected chi connectivity index (χ0v) is 17.8. The molecule has 5 nitrogen and oxygen atoms in total. The van der Waals surface area contributed by atoms with Crippen molar-refractivity contribution in [3.05, 3.63) is 102 Å². The summed E-state index contributed by atoms with van der Waals surface area (Å²) in [7, 11) is 0. The summed E-state index contributed by atoms with van der Waals surface area (Å²) >= 11 is 0. The molecular formula is C26H27N5. The van der Waals surface area contributed by atoms with Gasteiger partial charge in [-0.1, -0.05) is 24.8 Å².